The first-order chi connectivity index (χ1) is 8.24. The van der Waals surface area contributed by atoms with Crippen LogP contribution in [0.3, 0.4) is 0 Å². The number of hydrogen-bond donors (Lipinski definition) is 0. The van der Waals surface area contributed by atoms with Crippen LogP contribution in [0.2, 0.25) is 0 Å². The van der Waals surface area contributed by atoms with Crippen LogP contribution < -0.4 is 0 Å². The smallest absolute Gasteiger partial charge is 0.273 e. The molecule has 1 heterocycles. The fourth-order valence-corrected chi connectivity index (χ4v) is 3.57. The highest BCUT2D eigenvalue weighted by atomic mass is 35.5. The lowest BCUT2D eigenvalue weighted by Gasteiger charge is -2.18. The molecule has 1 aromatic carbocycles. The molecule has 1 aliphatic rings. The molecule has 1 aliphatic heterocycles. The molecule has 0 saturated carbocycles. The fourth-order valence-electron chi connectivity index (χ4n) is 1.48. The molecule has 0 bridgehead atoms. The number of nitrogens with zero attached hydrogens (tertiary/aromatic N) is 1. The van der Waals surface area contributed by atoms with Crippen molar-refractivity contribution >= 4 is 64.3 Å². The van der Waals surface area contributed by atoms with Gasteiger partial charge in [0.1, 0.15) is 0 Å². The van der Waals surface area contributed by atoms with Crippen molar-refractivity contribution in [3.05, 3.63) is 35.4 Å². The van der Waals surface area contributed by atoms with Gasteiger partial charge in [-0.15, -0.1) is 0 Å². The van der Waals surface area contributed by atoms with Crippen molar-refractivity contribution in [1.29, 1.82) is 0 Å². The first-order valence-electron chi connectivity index (χ1n) is 5.06. The van der Waals surface area contributed by atoms with Crippen LogP contribution >= 0.6 is 58.4 Å². The SMILES string of the molecule is Cc1ccc(CN2SC(Cl)(Cl)C(Cl)(Cl)C2=O)cc1. The van der Waals surface area contributed by atoms with Gasteiger partial charge in [-0.25, -0.2) is 0 Å². The van der Waals surface area contributed by atoms with Crippen molar-refractivity contribution in [3.63, 3.8) is 0 Å². The number of benzene rings is 1. The minimum absolute atomic E-state index is 0.353. The second-order valence-electron chi connectivity index (χ2n) is 4.01. The van der Waals surface area contributed by atoms with Crippen LogP contribution in [0.5, 0.6) is 0 Å². The number of alkyl halides is 4. The number of halogens is 4. The minimum atomic E-state index is -1.83. The first kappa shape index (κ1) is 14.6. The van der Waals surface area contributed by atoms with Crippen LogP contribution in [0.25, 0.3) is 0 Å². The van der Waals surface area contributed by atoms with E-state index in [0.717, 1.165) is 23.1 Å². The predicted octanol–water partition coefficient (Wildman–Crippen LogP) is 4.29. The molecule has 0 atom stereocenters. The van der Waals surface area contributed by atoms with Gasteiger partial charge < -0.3 is 0 Å². The zero-order chi connectivity index (χ0) is 13.6. The molecule has 2 rings (SSSR count). The standard InChI is InChI=1S/C11H9Cl4NOS/c1-7-2-4-8(5-3-7)6-16-9(17)10(12,13)11(14,15)18-16/h2-5H,6H2,1H3. The van der Waals surface area contributed by atoms with E-state index in [9.17, 15) is 4.79 Å². The molecule has 0 spiro atoms. The molecule has 18 heavy (non-hydrogen) atoms. The van der Waals surface area contributed by atoms with E-state index in [-0.39, 0.29) is 0 Å². The Morgan fingerprint density at radius 3 is 2.17 bits per heavy atom. The molecular formula is C11H9Cl4NOS. The predicted molar refractivity (Wildman–Crippen MR) is 78.2 cm³/mol. The van der Waals surface area contributed by atoms with E-state index in [2.05, 4.69) is 0 Å². The molecule has 0 N–H and O–H groups in total. The second-order valence-corrected chi connectivity index (χ2v) is 8.35. The highest BCUT2D eigenvalue weighted by Crippen LogP contribution is 2.58. The summed E-state index contributed by atoms with van der Waals surface area (Å²) >= 11 is 24.6. The Labute approximate surface area is 130 Å². The van der Waals surface area contributed by atoms with E-state index >= 15 is 0 Å². The Kier molecular flexibility index (Phi) is 4.02. The number of carbonyl (C=O) groups is 1. The number of carbonyl (C=O) groups excluding carboxylic acids is 1. The van der Waals surface area contributed by atoms with E-state index in [0.29, 0.717) is 6.54 Å². The second kappa shape index (κ2) is 4.95. The number of aryl methyl sites for hydroxylation is 1. The third kappa shape index (κ3) is 2.56. The molecule has 2 nitrogen and oxygen atoms in total. The molecule has 98 valence electrons. The highest BCUT2D eigenvalue weighted by Gasteiger charge is 2.63. The van der Waals surface area contributed by atoms with Crippen LogP contribution in [-0.4, -0.2) is 18.2 Å². The summed E-state index contributed by atoms with van der Waals surface area (Å²) in [6, 6.07) is 7.78. The average Bonchev–Trinajstić information content (AvgIpc) is 2.43. The first-order valence-corrected chi connectivity index (χ1v) is 7.35. The van der Waals surface area contributed by atoms with Crippen molar-refractivity contribution in [2.24, 2.45) is 0 Å². The molecule has 0 aliphatic carbocycles. The Morgan fingerprint density at radius 2 is 1.72 bits per heavy atom. The van der Waals surface area contributed by atoms with E-state index in [1.54, 1.807) is 0 Å². The van der Waals surface area contributed by atoms with Gasteiger partial charge >= 0.3 is 0 Å². The topological polar surface area (TPSA) is 20.3 Å². The van der Waals surface area contributed by atoms with E-state index in [4.69, 9.17) is 46.4 Å². The third-order valence-corrected chi connectivity index (χ3v) is 6.07. The summed E-state index contributed by atoms with van der Waals surface area (Å²) in [5.41, 5.74) is 2.10. The zero-order valence-corrected chi connectivity index (χ0v) is 13.1. The van der Waals surface area contributed by atoms with Crippen LogP contribution in [0.1, 0.15) is 11.1 Å². The van der Waals surface area contributed by atoms with Crippen LogP contribution in [-0.2, 0) is 11.3 Å². The molecule has 1 aromatic rings. The summed E-state index contributed by atoms with van der Waals surface area (Å²) in [4.78, 5) is 12.0. The monoisotopic (exact) mass is 343 g/mol. The van der Waals surface area contributed by atoms with Gasteiger partial charge in [0.05, 0.1) is 6.54 Å². The lowest BCUT2D eigenvalue weighted by atomic mass is 10.1. The Morgan fingerprint density at radius 1 is 1.17 bits per heavy atom. The summed E-state index contributed by atoms with van der Waals surface area (Å²) in [5, 5.41) is 0. The molecule has 7 heteroatoms. The van der Waals surface area contributed by atoms with Gasteiger partial charge in [-0.3, -0.25) is 9.10 Å². The van der Waals surface area contributed by atoms with Gasteiger partial charge in [0.25, 0.3) is 5.91 Å². The Hall–Kier alpha value is 0.200. The van der Waals surface area contributed by atoms with E-state index in [1.165, 1.54) is 4.31 Å². The van der Waals surface area contributed by atoms with Crippen LogP contribution in [0, 0.1) is 6.92 Å². The van der Waals surface area contributed by atoms with Crippen LogP contribution in [0.15, 0.2) is 24.3 Å². The molecule has 0 radical (unpaired) electrons. The summed E-state index contributed by atoms with van der Waals surface area (Å²) in [5.74, 6) is -0.499. The normalized spacial score (nSPS) is 21.4. The van der Waals surface area contributed by atoms with Gasteiger partial charge in [0.15, 0.2) is 0 Å². The van der Waals surface area contributed by atoms with Crippen LogP contribution in [0.4, 0.5) is 0 Å². The van der Waals surface area contributed by atoms with Gasteiger partial charge in [0.2, 0.25) is 8.00 Å². The Bertz CT molecular complexity index is 474. The lowest BCUT2D eigenvalue weighted by molar-refractivity contribution is -0.126. The Balaban J connectivity index is 2.17. The van der Waals surface area contributed by atoms with Crippen molar-refractivity contribution in [3.8, 4) is 0 Å². The number of amides is 1. The molecule has 1 fully saturated rings. The van der Waals surface area contributed by atoms with E-state index in [1.807, 2.05) is 31.2 Å². The quantitative estimate of drug-likeness (QED) is 0.589. The number of rotatable bonds is 2. The van der Waals surface area contributed by atoms with Crippen molar-refractivity contribution in [1.82, 2.24) is 4.31 Å². The van der Waals surface area contributed by atoms with Crippen molar-refractivity contribution in [2.75, 3.05) is 0 Å². The molecular weight excluding hydrogens is 336 g/mol. The molecule has 1 saturated heterocycles. The maximum Gasteiger partial charge on any atom is 0.273 e. The fraction of sp³-hybridized carbons (Fsp3) is 0.364. The average molecular weight is 345 g/mol. The van der Waals surface area contributed by atoms with Gasteiger partial charge in [-0.05, 0) is 24.4 Å². The largest absolute Gasteiger partial charge is 0.277 e. The number of hydrogen-bond acceptors (Lipinski definition) is 2. The van der Waals surface area contributed by atoms with Gasteiger partial charge in [-0.1, -0.05) is 76.2 Å². The van der Waals surface area contributed by atoms with Crippen molar-refractivity contribution in [2.45, 2.75) is 21.5 Å². The summed E-state index contributed by atoms with van der Waals surface area (Å²) in [7, 11) is 0. The maximum absolute atomic E-state index is 12.0. The summed E-state index contributed by atoms with van der Waals surface area (Å²) in [6.45, 7) is 2.34. The highest BCUT2D eigenvalue weighted by molar-refractivity contribution is 8.02. The molecule has 0 unspecified atom stereocenters. The summed E-state index contributed by atoms with van der Waals surface area (Å²) < 4.78 is -2.02. The van der Waals surface area contributed by atoms with Crippen molar-refractivity contribution < 1.29 is 4.79 Å². The third-order valence-electron chi connectivity index (χ3n) is 2.53. The maximum atomic E-state index is 12.0. The summed E-state index contributed by atoms with van der Waals surface area (Å²) in [6.07, 6.45) is 0. The van der Waals surface area contributed by atoms with E-state index < -0.39 is 13.9 Å². The zero-order valence-electron chi connectivity index (χ0n) is 9.29. The lowest BCUT2D eigenvalue weighted by Crippen LogP contribution is -2.37. The molecule has 1 amide bonds. The van der Waals surface area contributed by atoms with Gasteiger partial charge in [0, 0.05) is 0 Å². The minimum Gasteiger partial charge on any atom is -0.277 e. The van der Waals surface area contributed by atoms with Gasteiger partial charge in [-0.2, -0.15) is 0 Å². The molecule has 0 aromatic heterocycles.